The number of nitrogens with one attached hydrogen (secondary N) is 1. The first-order chi connectivity index (χ1) is 11.9. The van der Waals surface area contributed by atoms with E-state index < -0.39 is 0 Å². The molecular weight excluding hydrogens is 404 g/mol. The van der Waals surface area contributed by atoms with Crippen LogP contribution in [-0.4, -0.2) is 58.0 Å². The Morgan fingerprint density at radius 1 is 1.16 bits per heavy atom. The van der Waals surface area contributed by atoms with Gasteiger partial charge in [-0.15, -0.1) is 11.3 Å². The molecule has 0 aromatic carbocycles. The number of carbonyl (C=O) groups excluding carboxylic acids is 2. The molecule has 25 heavy (non-hydrogen) atoms. The van der Waals surface area contributed by atoms with Crippen molar-refractivity contribution < 1.29 is 9.59 Å². The predicted molar refractivity (Wildman–Crippen MR) is 101 cm³/mol. The summed E-state index contributed by atoms with van der Waals surface area (Å²) < 4.78 is 0.736. The van der Waals surface area contributed by atoms with Gasteiger partial charge in [-0.3, -0.25) is 14.7 Å². The molecule has 0 saturated carbocycles. The van der Waals surface area contributed by atoms with E-state index in [1.165, 1.54) is 11.3 Å². The van der Waals surface area contributed by atoms with Crippen LogP contribution >= 0.6 is 27.3 Å². The number of amides is 2. The first-order valence-corrected chi connectivity index (χ1v) is 9.88. The summed E-state index contributed by atoms with van der Waals surface area (Å²) in [6.07, 6.45) is 0. The molecule has 0 spiro atoms. The Hall–Kier alpha value is -1.67. The molecule has 1 N–H and O–H groups in total. The Bertz CT molecular complexity index is 790. The number of rotatable bonds is 3. The van der Waals surface area contributed by atoms with Gasteiger partial charge < -0.3 is 9.80 Å². The van der Waals surface area contributed by atoms with E-state index in [9.17, 15) is 9.59 Å². The molecule has 3 rings (SSSR count). The Morgan fingerprint density at radius 3 is 2.24 bits per heavy atom. The molecule has 0 radical (unpaired) electrons. The van der Waals surface area contributed by atoms with Crippen molar-refractivity contribution in [1.29, 1.82) is 0 Å². The molecule has 0 aliphatic carbocycles. The maximum atomic E-state index is 12.7. The van der Waals surface area contributed by atoms with E-state index in [1.54, 1.807) is 4.90 Å². The molecule has 1 fully saturated rings. The lowest BCUT2D eigenvalue weighted by atomic mass is 10.1. The summed E-state index contributed by atoms with van der Waals surface area (Å²) in [4.78, 5) is 30.7. The van der Waals surface area contributed by atoms with E-state index in [4.69, 9.17) is 0 Å². The number of thiophene rings is 1. The minimum absolute atomic E-state index is 0.0493. The third-order valence-electron chi connectivity index (χ3n) is 4.32. The lowest BCUT2D eigenvalue weighted by molar-refractivity contribution is 0.0534. The summed E-state index contributed by atoms with van der Waals surface area (Å²) in [7, 11) is 0. The summed E-state index contributed by atoms with van der Waals surface area (Å²) in [5, 5.41) is 7.11. The van der Waals surface area contributed by atoms with Crippen molar-refractivity contribution in [3.63, 3.8) is 0 Å². The van der Waals surface area contributed by atoms with Crippen LogP contribution in [0.15, 0.2) is 16.6 Å². The van der Waals surface area contributed by atoms with Gasteiger partial charge in [-0.1, -0.05) is 13.8 Å². The number of hydrogen-bond acceptors (Lipinski definition) is 4. The fourth-order valence-corrected chi connectivity index (χ4v) is 4.47. The summed E-state index contributed by atoms with van der Waals surface area (Å²) in [6, 6.07) is 3.83. The standard InChI is InChI=1S/C17H21BrN4O2S/c1-10(2)14-13(18)15(20-19-14)17(24)22-8-6-21(7-9-22)16(23)12-5-4-11(3)25-12/h4-5,10H,6-9H2,1-3H3,(H,19,20). The lowest BCUT2D eigenvalue weighted by Crippen LogP contribution is -2.50. The Morgan fingerprint density at radius 2 is 1.76 bits per heavy atom. The predicted octanol–water partition coefficient (Wildman–Crippen LogP) is 3.26. The molecule has 2 amide bonds. The highest BCUT2D eigenvalue weighted by atomic mass is 79.9. The second-order valence-corrected chi connectivity index (χ2v) is 8.53. The quantitative estimate of drug-likeness (QED) is 0.821. The maximum absolute atomic E-state index is 12.7. The van der Waals surface area contributed by atoms with Gasteiger partial charge in [-0.05, 0) is 40.9 Å². The van der Waals surface area contributed by atoms with Gasteiger partial charge in [0.15, 0.2) is 5.69 Å². The summed E-state index contributed by atoms with van der Waals surface area (Å²) in [5.41, 5.74) is 1.34. The van der Waals surface area contributed by atoms with Crippen LogP contribution in [0.2, 0.25) is 0 Å². The fourth-order valence-electron chi connectivity index (χ4n) is 2.83. The Kier molecular flexibility index (Phi) is 5.29. The van der Waals surface area contributed by atoms with Gasteiger partial charge in [0.05, 0.1) is 15.0 Å². The van der Waals surface area contributed by atoms with Gasteiger partial charge in [0, 0.05) is 31.1 Å². The van der Waals surface area contributed by atoms with E-state index in [2.05, 4.69) is 26.1 Å². The monoisotopic (exact) mass is 424 g/mol. The van der Waals surface area contributed by atoms with Crippen LogP contribution in [0.25, 0.3) is 0 Å². The van der Waals surface area contributed by atoms with E-state index in [0.29, 0.717) is 31.9 Å². The number of nitrogens with zero attached hydrogens (tertiary/aromatic N) is 3. The fraction of sp³-hybridized carbons (Fsp3) is 0.471. The van der Waals surface area contributed by atoms with Gasteiger partial charge in [-0.2, -0.15) is 5.10 Å². The van der Waals surface area contributed by atoms with Crippen molar-refractivity contribution in [3.8, 4) is 0 Å². The van der Waals surface area contributed by atoms with E-state index in [-0.39, 0.29) is 17.7 Å². The second kappa shape index (κ2) is 7.29. The van der Waals surface area contributed by atoms with E-state index in [1.807, 2.05) is 37.8 Å². The van der Waals surface area contributed by atoms with Crippen LogP contribution in [0.4, 0.5) is 0 Å². The zero-order chi connectivity index (χ0) is 18.1. The molecule has 0 unspecified atom stereocenters. The molecule has 0 bridgehead atoms. The average Bonchev–Trinajstić information content (AvgIpc) is 3.19. The van der Waals surface area contributed by atoms with Crippen molar-refractivity contribution in [2.75, 3.05) is 26.2 Å². The second-order valence-electron chi connectivity index (χ2n) is 6.45. The van der Waals surface area contributed by atoms with Crippen molar-refractivity contribution >= 4 is 39.1 Å². The Balaban J connectivity index is 1.64. The number of aromatic amines is 1. The molecule has 2 aromatic rings. The summed E-state index contributed by atoms with van der Waals surface area (Å²) >= 11 is 4.99. The third kappa shape index (κ3) is 3.64. The van der Waals surface area contributed by atoms with Gasteiger partial charge in [-0.25, -0.2) is 0 Å². The molecule has 2 aromatic heterocycles. The van der Waals surface area contributed by atoms with Gasteiger partial charge in [0.2, 0.25) is 0 Å². The van der Waals surface area contributed by atoms with Crippen LogP contribution in [0.1, 0.15) is 50.5 Å². The maximum Gasteiger partial charge on any atom is 0.275 e. The normalized spacial score (nSPS) is 15.1. The van der Waals surface area contributed by atoms with Crippen LogP contribution in [0, 0.1) is 6.92 Å². The number of carbonyl (C=O) groups is 2. The van der Waals surface area contributed by atoms with Crippen molar-refractivity contribution in [2.24, 2.45) is 0 Å². The molecule has 0 atom stereocenters. The first-order valence-electron chi connectivity index (χ1n) is 8.27. The SMILES string of the molecule is Cc1ccc(C(=O)N2CCN(C(=O)c3n[nH]c(C(C)C)c3Br)CC2)s1. The van der Waals surface area contributed by atoms with Crippen molar-refractivity contribution in [3.05, 3.63) is 37.7 Å². The van der Waals surface area contributed by atoms with Gasteiger partial charge in [0.25, 0.3) is 11.8 Å². The van der Waals surface area contributed by atoms with Crippen LogP contribution in [0.3, 0.4) is 0 Å². The van der Waals surface area contributed by atoms with E-state index in [0.717, 1.165) is 19.9 Å². The molecule has 8 heteroatoms. The zero-order valence-electron chi connectivity index (χ0n) is 14.5. The number of hydrogen-bond donors (Lipinski definition) is 1. The summed E-state index contributed by atoms with van der Waals surface area (Å²) in [5.74, 6) is 0.203. The van der Waals surface area contributed by atoms with Crippen molar-refractivity contribution in [2.45, 2.75) is 26.7 Å². The van der Waals surface area contributed by atoms with Crippen molar-refractivity contribution in [1.82, 2.24) is 20.0 Å². The number of piperazine rings is 1. The first kappa shape index (κ1) is 18.1. The molecule has 6 nitrogen and oxygen atoms in total. The number of aryl methyl sites for hydroxylation is 1. The minimum Gasteiger partial charge on any atom is -0.334 e. The Labute approximate surface area is 159 Å². The molecule has 1 aliphatic heterocycles. The van der Waals surface area contributed by atoms with Crippen LogP contribution in [-0.2, 0) is 0 Å². The average molecular weight is 425 g/mol. The largest absolute Gasteiger partial charge is 0.334 e. The highest BCUT2D eigenvalue weighted by Gasteiger charge is 2.29. The molecule has 134 valence electrons. The zero-order valence-corrected chi connectivity index (χ0v) is 16.9. The minimum atomic E-state index is -0.103. The van der Waals surface area contributed by atoms with Gasteiger partial charge >= 0.3 is 0 Å². The topological polar surface area (TPSA) is 69.3 Å². The molecule has 1 saturated heterocycles. The molecule has 3 heterocycles. The molecule has 1 aliphatic rings. The number of H-pyrrole nitrogens is 1. The highest BCUT2D eigenvalue weighted by molar-refractivity contribution is 9.10. The van der Waals surface area contributed by atoms with Crippen LogP contribution in [0.5, 0.6) is 0 Å². The smallest absolute Gasteiger partial charge is 0.275 e. The van der Waals surface area contributed by atoms with Crippen LogP contribution < -0.4 is 0 Å². The summed E-state index contributed by atoms with van der Waals surface area (Å²) in [6.45, 7) is 8.20. The third-order valence-corrected chi connectivity index (χ3v) is 6.11. The lowest BCUT2D eigenvalue weighted by Gasteiger charge is -2.34. The number of aromatic nitrogens is 2. The molecular formula is C17H21BrN4O2S. The highest BCUT2D eigenvalue weighted by Crippen LogP contribution is 2.27. The van der Waals surface area contributed by atoms with Gasteiger partial charge in [0.1, 0.15) is 0 Å². The van der Waals surface area contributed by atoms with E-state index >= 15 is 0 Å². The number of halogens is 1.